The van der Waals surface area contributed by atoms with Crippen molar-refractivity contribution in [2.75, 3.05) is 14.2 Å². The highest BCUT2D eigenvalue weighted by molar-refractivity contribution is 5.92. The zero-order valence-electron chi connectivity index (χ0n) is 15.8. The number of para-hydroxylation sites is 1. The van der Waals surface area contributed by atoms with Crippen molar-refractivity contribution in [3.05, 3.63) is 59.8 Å². The fraction of sp³-hybridized carbons (Fsp3) is 0.318. The van der Waals surface area contributed by atoms with E-state index in [1.165, 1.54) is 12.5 Å². The van der Waals surface area contributed by atoms with Crippen LogP contribution in [0.15, 0.2) is 51.3 Å². The molecule has 1 aromatic carbocycles. The number of nitrogens with zero attached hydrogens (tertiary/aromatic N) is 1. The van der Waals surface area contributed by atoms with Crippen molar-refractivity contribution in [2.45, 2.75) is 25.8 Å². The standard InChI is InChI=1S/C22H23NO4/c1-14-11-18(14)19-9-7-17(26-19)13-23(2)21(24)10-8-16-12-15-5-4-6-20(25-3)22(15)27-16/h4-10,12,14,18H,11,13H2,1-3H3. The van der Waals surface area contributed by atoms with Gasteiger partial charge >= 0.3 is 0 Å². The number of carbonyl (C=O) groups is 1. The summed E-state index contributed by atoms with van der Waals surface area (Å²) < 4.78 is 17.0. The summed E-state index contributed by atoms with van der Waals surface area (Å²) in [5, 5.41) is 0.937. The van der Waals surface area contributed by atoms with Gasteiger partial charge in [-0.2, -0.15) is 0 Å². The molecule has 4 rings (SSSR count). The molecule has 0 spiro atoms. The van der Waals surface area contributed by atoms with E-state index in [0.29, 0.717) is 35.5 Å². The van der Waals surface area contributed by atoms with Crippen LogP contribution in [0.4, 0.5) is 0 Å². The minimum atomic E-state index is -0.111. The average Bonchev–Trinajstić information content (AvgIpc) is 3.07. The lowest BCUT2D eigenvalue weighted by Gasteiger charge is -2.12. The quantitative estimate of drug-likeness (QED) is 0.587. The molecule has 2 unspecified atom stereocenters. The second-order valence-corrected chi connectivity index (χ2v) is 7.18. The molecule has 2 aromatic heterocycles. The topological polar surface area (TPSA) is 55.8 Å². The number of methoxy groups -OCH3 is 1. The van der Waals surface area contributed by atoms with Crippen LogP contribution in [0.5, 0.6) is 5.75 Å². The molecule has 5 heteroatoms. The summed E-state index contributed by atoms with van der Waals surface area (Å²) in [6.45, 7) is 2.67. The Balaban J connectivity index is 1.41. The lowest BCUT2D eigenvalue weighted by molar-refractivity contribution is -0.125. The SMILES string of the molecule is COc1cccc2cc(C=CC(=O)N(C)Cc3ccc(C4CC4C)o3)oc12. The number of hydrogen-bond acceptors (Lipinski definition) is 4. The Morgan fingerprint density at radius 2 is 2.11 bits per heavy atom. The lowest BCUT2D eigenvalue weighted by atomic mass is 10.2. The number of rotatable bonds is 6. The first-order chi connectivity index (χ1) is 13.0. The van der Waals surface area contributed by atoms with E-state index >= 15 is 0 Å². The van der Waals surface area contributed by atoms with Gasteiger partial charge in [0.1, 0.15) is 17.3 Å². The minimum Gasteiger partial charge on any atom is -0.493 e. The predicted molar refractivity (Wildman–Crippen MR) is 104 cm³/mol. The van der Waals surface area contributed by atoms with Crippen molar-refractivity contribution in [3.8, 4) is 5.75 Å². The second kappa shape index (κ2) is 6.99. The Morgan fingerprint density at radius 3 is 2.85 bits per heavy atom. The molecule has 2 atom stereocenters. The van der Waals surface area contributed by atoms with Gasteiger partial charge in [0.05, 0.1) is 13.7 Å². The predicted octanol–water partition coefficient (Wildman–Crippen LogP) is 4.83. The molecule has 0 radical (unpaired) electrons. The third-order valence-corrected chi connectivity index (χ3v) is 5.06. The van der Waals surface area contributed by atoms with Crippen molar-refractivity contribution in [1.82, 2.24) is 4.90 Å². The van der Waals surface area contributed by atoms with E-state index in [2.05, 4.69) is 6.92 Å². The molecule has 5 nitrogen and oxygen atoms in total. The van der Waals surface area contributed by atoms with Gasteiger partial charge in [0.15, 0.2) is 11.3 Å². The average molecular weight is 365 g/mol. The fourth-order valence-corrected chi connectivity index (χ4v) is 3.29. The molecule has 140 valence electrons. The van der Waals surface area contributed by atoms with E-state index in [1.807, 2.05) is 36.4 Å². The molecule has 0 N–H and O–H groups in total. The normalized spacial score (nSPS) is 18.9. The molecular weight excluding hydrogens is 342 g/mol. The van der Waals surface area contributed by atoms with Gasteiger partial charge in [-0.25, -0.2) is 0 Å². The number of fused-ring (bicyclic) bond motifs is 1. The summed E-state index contributed by atoms with van der Waals surface area (Å²) in [6, 6.07) is 11.6. The van der Waals surface area contributed by atoms with E-state index in [9.17, 15) is 4.79 Å². The molecule has 1 aliphatic carbocycles. The molecule has 0 bridgehead atoms. The van der Waals surface area contributed by atoms with Gasteiger partial charge in [-0.3, -0.25) is 4.79 Å². The smallest absolute Gasteiger partial charge is 0.246 e. The van der Waals surface area contributed by atoms with E-state index in [0.717, 1.165) is 16.9 Å². The Hall–Kier alpha value is -2.95. The number of likely N-dealkylation sites (N-methyl/N-ethyl adjacent to an activating group) is 1. The molecule has 1 fully saturated rings. The Kier molecular flexibility index (Phi) is 4.52. The Bertz CT molecular complexity index is 997. The van der Waals surface area contributed by atoms with Crippen molar-refractivity contribution in [1.29, 1.82) is 0 Å². The van der Waals surface area contributed by atoms with Crippen molar-refractivity contribution >= 4 is 23.0 Å². The first-order valence-electron chi connectivity index (χ1n) is 9.13. The number of furan rings is 2. The number of benzene rings is 1. The molecule has 2 heterocycles. The zero-order chi connectivity index (χ0) is 19.0. The molecule has 0 saturated heterocycles. The molecule has 0 aliphatic heterocycles. The number of ether oxygens (including phenoxy) is 1. The van der Waals surface area contributed by atoms with Gasteiger partial charge in [-0.05, 0) is 42.7 Å². The monoisotopic (exact) mass is 365 g/mol. The van der Waals surface area contributed by atoms with Gasteiger partial charge in [0.25, 0.3) is 0 Å². The van der Waals surface area contributed by atoms with Gasteiger partial charge < -0.3 is 18.5 Å². The Morgan fingerprint density at radius 1 is 1.30 bits per heavy atom. The van der Waals surface area contributed by atoms with Crippen molar-refractivity contribution in [2.24, 2.45) is 5.92 Å². The first kappa shape index (κ1) is 17.5. The molecule has 3 aromatic rings. The number of hydrogen-bond donors (Lipinski definition) is 0. The van der Waals surface area contributed by atoms with Crippen LogP contribution in [0, 0.1) is 5.92 Å². The van der Waals surface area contributed by atoms with Gasteiger partial charge in [-0.15, -0.1) is 0 Å². The van der Waals surface area contributed by atoms with Crippen LogP contribution in [0.2, 0.25) is 0 Å². The highest BCUT2D eigenvalue weighted by Crippen LogP contribution is 2.47. The highest BCUT2D eigenvalue weighted by Gasteiger charge is 2.36. The summed E-state index contributed by atoms with van der Waals surface area (Å²) in [5.41, 5.74) is 0.679. The minimum absolute atomic E-state index is 0.111. The first-order valence-corrected chi connectivity index (χ1v) is 9.13. The Labute approximate surface area is 158 Å². The van der Waals surface area contributed by atoms with E-state index in [4.69, 9.17) is 13.6 Å². The lowest BCUT2D eigenvalue weighted by Crippen LogP contribution is -2.23. The van der Waals surface area contributed by atoms with Crippen LogP contribution in [-0.4, -0.2) is 25.0 Å². The molecular formula is C22H23NO4. The third kappa shape index (κ3) is 3.63. The van der Waals surface area contributed by atoms with Gasteiger partial charge in [0, 0.05) is 24.4 Å². The molecule has 27 heavy (non-hydrogen) atoms. The summed E-state index contributed by atoms with van der Waals surface area (Å²) >= 11 is 0. The summed E-state index contributed by atoms with van der Waals surface area (Å²) in [7, 11) is 3.37. The summed E-state index contributed by atoms with van der Waals surface area (Å²) in [5.74, 6) is 4.26. The van der Waals surface area contributed by atoms with Crippen molar-refractivity contribution in [3.63, 3.8) is 0 Å². The largest absolute Gasteiger partial charge is 0.493 e. The van der Waals surface area contributed by atoms with Crippen LogP contribution >= 0.6 is 0 Å². The van der Waals surface area contributed by atoms with E-state index in [1.54, 1.807) is 25.1 Å². The maximum absolute atomic E-state index is 12.4. The van der Waals surface area contributed by atoms with Crippen LogP contribution in [0.1, 0.15) is 36.5 Å². The number of amides is 1. The maximum Gasteiger partial charge on any atom is 0.246 e. The van der Waals surface area contributed by atoms with Crippen LogP contribution in [0.3, 0.4) is 0 Å². The third-order valence-electron chi connectivity index (χ3n) is 5.06. The van der Waals surface area contributed by atoms with Crippen LogP contribution in [-0.2, 0) is 11.3 Å². The van der Waals surface area contributed by atoms with Gasteiger partial charge in [0.2, 0.25) is 5.91 Å². The van der Waals surface area contributed by atoms with E-state index in [-0.39, 0.29) is 5.91 Å². The number of carbonyl (C=O) groups excluding carboxylic acids is 1. The second-order valence-electron chi connectivity index (χ2n) is 7.18. The zero-order valence-corrected chi connectivity index (χ0v) is 15.8. The molecule has 1 amide bonds. The highest BCUT2D eigenvalue weighted by atomic mass is 16.5. The molecule has 1 saturated carbocycles. The van der Waals surface area contributed by atoms with Gasteiger partial charge in [-0.1, -0.05) is 19.1 Å². The van der Waals surface area contributed by atoms with E-state index < -0.39 is 0 Å². The van der Waals surface area contributed by atoms with Crippen LogP contribution in [0.25, 0.3) is 17.0 Å². The van der Waals surface area contributed by atoms with Crippen LogP contribution < -0.4 is 4.74 Å². The molecule has 1 aliphatic rings. The van der Waals surface area contributed by atoms with Crippen molar-refractivity contribution < 1.29 is 18.4 Å². The fourth-order valence-electron chi connectivity index (χ4n) is 3.29. The maximum atomic E-state index is 12.4. The summed E-state index contributed by atoms with van der Waals surface area (Å²) in [4.78, 5) is 14.0. The summed E-state index contributed by atoms with van der Waals surface area (Å²) in [6.07, 6.45) is 4.38.